The van der Waals surface area contributed by atoms with Crippen molar-refractivity contribution >= 4 is 48.9 Å². The summed E-state index contributed by atoms with van der Waals surface area (Å²) in [4.78, 5) is 13.0. The van der Waals surface area contributed by atoms with E-state index < -0.39 is 26.0 Å². The van der Waals surface area contributed by atoms with Crippen molar-refractivity contribution in [2.24, 2.45) is 0 Å². The van der Waals surface area contributed by atoms with E-state index in [0.717, 1.165) is 12.8 Å². The Bertz CT molecular complexity index is 1450. The molecule has 8 nitrogen and oxygen atoms in total. The van der Waals surface area contributed by atoms with Crippen molar-refractivity contribution in [3.05, 3.63) is 82.9 Å². The van der Waals surface area contributed by atoms with E-state index in [4.69, 9.17) is 11.6 Å². The maximum absolute atomic E-state index is 12.9. The molecule has 1 amide bonds. The molecule has 0 bridgehead atoms. The zero-order valence-corrected chi connectivity index (χ0v) is 21.3. The number of hydrogen-bond acceptors (Lipinski definition) is 5. The lowest BCUT2D eigenvalue weighted by Gasteiger charge is -2.17. The number of rotatable bonds is 7. The van der Waals surface area contributed by atoms with Gasteiger partial charge < -0.3 is 5.32 Å². The summed E-state index contributed by atoms with van der Waals surface area (Å²) in [6.45, 7) is 2.67. The van der Waals surface area contributed by atoms with Gasteiger partial charge in [-0.2, -0.15) is 4.31 Å². The molecule has 1 saturated heterocycles. The van der Waals surface area contributed by atoms with Gasteiger partial charge in [-0.25, -0.2) is 16.8 Å². The van der Waals surface area contributed by atoms with Gasteiger partial charge in [0.15, 0.2) is 0 Å². The quantitative estimate of drug-likeness (QED) is 0.465. The molecular weight excluding hydrogens is 510 g/mol. The largest absolute Gasteiger partial charge is 0.322 e. The maximum atomic E-state index is 12.9. The highest BCUT2D eigenvalue weighted by Gasteiger charge is 2.28. The SMILES string of the molecule is Cc1ccc(S(=O)(=O)N2CCCC2)cc1C(=O)Nc1ccc(S(=O)(=O)Nc2ccc(Cl)cc2)cc1. The van der Waals surface area contributed by atoms with E-state index in [0.29, 0.717) is 35.1 Å². The Hall–Kier alpha value is -2.92. The average molecular weight is 534 g/mol. The summed E-state index contributed by atoms with van der Waals surface area (Å²) in [5, 5.41) is 3.19. The van der Waals surface area contributed by atoms with Crippen molar-refractivity contribution in [1.82, 2.24) is 4.31 Å². The fourth-order valence-corrected chi connectivity index (χ4v) is 6.46. The van der Waals surface area contributed by atoms with Crippen LogP contribution in [0.4, 0.5) is 11.4 Å². The Morgan fingerprint density at radius 3 is 2.03 bits per heavy atom. The number of nitrogens with zero attached hydrogens (tertiary/aromatic N) is 1. The molecule has 3 aromatic rings. The standard InChI is InChI=1S/C24H24ClN3O5S2/c1-17-4-11-22(35(32,33)28-14-2-3-15-28)16-23(17)24(29)26-19-9-12-21(13-10-19)34(30,31)27-20-7-5-18(25)6-8-20/h4-13,16,27H,2-3,14-15H2,1H3,(H,26,29). The monoisotopic (exact) mass is 533 g/mol. The van der Waals surface area contributed by atoms with Gasteiger partial charge in [0.2, 0.25) is 10.0 Å². The van der Waals surface area contributed by atoms with Crippen LogP contribution in [0.3, 0.4) is 0 Å². The Kier molecular flexibility index (Phi) is 7.18. The second kappa shape index (κ2) is 9.98. The normalized spacial score (nSPS) is 14.6. The van der Waals surface area contributed by atoms with Crippen LogP contribution >= 0.6 is 11.6 Å². The molecule has 184 valence electrons. The lowest BCUT2D eigenvalue weighted by atomic mass is 10.1. The van der Waals surface area contributed by atoms with Crippen LogP contribution in [0.15, 0.2) is 76.5 Å². The van der Waals surface area contributed by atoms with Gasteiger partial charge >= 0.3 is 0 Å². The number of benzene rings is 3. The van der Waals surface area contributed by atoms with E-state index >= 15 is 0 Å². The number of carbonyl (C=O) groups excluding carboxylic acids is 1. The van der Waals surface area contributed by atoms with Crippen LogP contribution in [0.25, 0.3) is 0 Å². The summed E-state index contributed by atoms with van der Waals surface area (Å²) >= 11 is 5.83. The van der Waals surface area contributed by atoms with E-state index in [1.54, 1.807) is 37.3 Å². The molecule has 3 aromatic carbocycles. The Morgan fingerprint density at radius 2 is 1.40 bits per heavy atom. The molecular formula is C24H24ClN3O5S2. The Balaban J connectivity index is 1.50. The maximum Gasteiger partial charge on any atom is 0.261 e. The van der Waals surface area contributed by atoms with Crippen molar-refractivity contribution in [2.75, 3.05) is 23.1 Å². The van der Waals surface area contributed by atoms with Crippen LogP contribution < -0.4 is 10.0 Å². The number of carbonyl (C=O) groups is 1. The molecule has 35 heavy (non-hydrogen) atoms. The zero-order valence-electron chi connectivity index (χ0n) is 18.9. The molecule has 1 aliphatic rings. The number of hydrogen-bond donors (Lipinski definition) is 2. The van der Waals surface area contributed by atoms with E-state index in [1.165, 1.54) is 40.7 Å². The van der Waals surface area contributed by atoms with Gasteiger partial charge in [0.25, 0.3) is 15.9 Å². The fourth-order valence-electron chi connectivity index (χ4n) is 3.73. The zero-order chi connectivity index (χ0) is 25.2. The number of nitrogens with one attached hydrogen (secondary N) is 2. The van der Waals surface area contributed by atoms with Crippen molar-refractivity contribution in [1.29, 1.82) is 0 Å². The molecule has 0 aromatic heterocycles. The summed E-state index contributed by atoms with van der Waals surface area (Å²) in [7, 11) is -7.50. The minimum atomic E-state index is -3.84. The summed E-state index contributed by atoms with van der Waals surface area (Å²) in [6.07, 6.45) is 1.64. The third-order valence-electron chi connectivity index (χ3n) is 5.68. The second-order valence-corrected chi connectivity index (χ2v) is 12.2. The number of sulfonamides is 2. The van der Waals surface area contributed by atoms with Crippen LogP contribution in [0, 0.1) is 6.92 Å². The highest BCUT2D eigenvalue weighted by Crippen LogP contribution is 2.24. The Labute approximate surface area is 210 Å². The number of halogens is 1. The van der Waals surface area contributed by atoms with Gasteiger partial charge in [-0.3, -0.25) is 9.52 Å². The van der Waals surface area contributed by atoms with Gasteiger partial charge in [0.05, 0.1) is 9.79 Å². The van der Waals surface area contributed by atoms with Gasteiger partial charge in [0.1, 0.15) is 0 Å². The van der Waals surface area contributed by atoms with E-state index in [2.05, 4.69) is 10.0 Å². The third kappa shape index (κ3) is 5.67. The van der Waals surface area contributed by atoms with Crippen LogP contribution in [-0.4, -0.2) is 40.1 Å². The van der Waals surface area contributed by atoms with Crippen LogP contribution in [0.1, 0.15) is 28.8 Å². The molecule has 0 saturated carbocycles. The first kappa shape index (κ1) is 25.2. The van der Waals surface area contributed by atoms with Crippen molar-refractivity contribution in [3.63, 3.8) is 0 Å². The topological polar surface area (TPSA) is 113 Å². The summed E-state index contributed by atoms with van der Waals surface area (Å²) < 4.78 is 54.9. The molecule has 1 fully saturated rings. The minimum absolute atomic E-state index is 0.0142. The number of amides is 1. The van der Waals surface area contributed by atoms with Gasteiger partial charge in [0, 0.05) is 35.1 Å². The lowest BCUT2D eigenvalue weighted by molar-refractivity contribution is 0.102. The van der Waals surface area contributed by atoms with Crippen LogP contribution in [-0.2, 0) is 20.0 Å². The molecule has 0 spiro atoms. The first-order valence-electron chi connectivity index (χ1n) is 10.9. The predicted octanol–water partition coefficient (Wildman–Crippen LogP) is 4.49. The highest BCUT2D eigenvalue weighted by molar-refractivity contribution is 7.92. The molecule has 0 unspecified atom stereocenters. The van der Waals surface area contributed by atoms with E-state index in [-0.39, 0.29) is 15.4 Å². The molecule has 4 rings (SSSR count). The molecule has 0 radical (unpaired) electrons. The fraction of sp³-hybridized carbons (Fsp3) is 0.208. The van der Waals surface area contributed by atoms with Crippen molar-refractivity contribution < 1.29 is 21.6 Å². The predicted molar refractivity (Wildman–Crippen MR) is 136 cm³/mol. The lowest BCUT2D eigenvalue weighted by Crippen LogP contribution is -2.28. The Morgan fingerprint density at radius 1 is 0.829 bits per heavy atom. The number of anilines is 2. The van der Waals surface area contributed by atoms with Crippen molar-refractivity contribution in [2.45, 2.75) is 29.6 Å². The molecule has 2 N–H and O–H groups in total. The van der Waals surface area contributed by atoms with Gasteiger partial charge in [-0.1, -0.05) is 17.7 Å². The minimum Gasteiger partial charge on any atom is -0.322 e. The first-order chi connectivity index (χ1) is 16.6. The third-order valence-corrected chi connectivity index (χ3v) is 9.22. The van der Waals surface area contributed by atoms with Gasteiger partial charge in [-0.05, 0) is 86.0 Å². The summed E-state index contributed by atoms with van der Waals surface area (Å²) in [6, 6.07) is 16.4. The van der Waals surface area contributed by atoms with Gasteiger partial charge in [-0.15, -0.1) is 0 Å². The molecule has 1 aliphatic heterocycles. The molecule has 0 atom stereocenters. The first-order valence-corrected chi connectivity index (χ1v) is 14.2. The second-order valence-electron chi connectivity index (χ2n) is 8.18. The molecule has 0 aliphatic carbocycles. The summed E-state index contributed by atoms with van der Waals surface area (Å²) in [5.41, 5.74) is 1.58. The average Bonchev–Trinajstić information content (AvgIpc) is 3.37. The molecule has 1 heterocycles. The summed E-state index contributed by atoms with van der Waals surface area (Å²) in [5.74, 6) is -0.490. The van der Waals surface area contributed by atoms with Crippen LogP contribution in [0.5, 0.6) is 0 Å². The smallest absolute Gasteiger partial charge is 0.261 e. The molecule has 11 heteroatoms. The van der Waals surface area contributed by atoms with E-state index in [9.17, 15) is 21.6 Å². The van der Waals surface area contributed by atoms with E-state index in [1.807, 2.05) is 0 Å². The highest BCUT2D eigenvalue weighted by atomic mass is 35.5. The van der Waals surface area contributed by atoms with Crippen LogP contribution in [0.2, 0.25) is 5.02 Å². The number of aryl methyl sites for hydroxylation is 1. The van der Waals surface area contributed by atoms with Crippen molar-refractivity contribution in [3.8, 4) is 0 Å².